The summed E-state index contributed by atoms with van der Waals surface area (Å²) >= 11 is 0. The lowest BCUT2D eigenvalue weighted by atomic mass is 9.86. The van der Waals surface area contributed by atoms with Crippen molar-refractivity contribution in [1.29, 1.82) is 5.26 Å². The summed E-state index contributed by atoms with van der Waals surface area (Å²) in [6.07, 6.45) is 7.57. The van der Waals surface area contributed by atoms with Gasteiger partial charge in [0.25, 0.3) is 0 Å². The molecule has 0 atom stereocenters. The van der Waals surface area contributed by atoms with E-state index in [0.29, 0.717) is 26.2 Å². The number of fused-ring (bicyclic) bond motifs is 1. The van der Waals surface area contributed by atoms with Crippen LogP contribution < -0.4 is 4.90 Å². The fourth-order valence-corrected chi connectivity index (χ4v) is 5.49. The lowest BCUT2D eigenvalue weighted by Gasteiger charge is -2.50. The molecule has 0 spiro atoms. The van der Waals surface area contributed by atoms with E-state index in [-0.39, 0.29) is 5.56 Å². The molecule has 4 aromatic rings. The summed E-state index contributed by atoms with van der Waals surface area (Å²) in [6.45, 7) is 9.38. The summed E-state index contributed by atoms with van der Waals surface area (Å²) in [5, 5.41) is 24.3. The first-order valence-corrected chi connectivity index (χ1v) is 16.3. The maximum Gasteiger partial charge on any atom is 0.335 e. The Morgan fingerprint density at radius 3 is 2.63 bits per heavy atom. The molecule has 5 rings (SSSR count). The molecule has 0 aliphatic carbocycles. The number of rotatable bonds is 10. The van der Waals surface area contributed by atoms with Crippen LogP contribution in [0, 0.1) is 11.3 Å². The lowest BCUT2D eigenvalue weighted by Crippen LogP contribution is -2.63. The molecule has 0 amide bonds. The number of carboxylic acid groups (broad SMARTS) is 1. The standard InChI is InChI=1S/C27H31N7O3Si/c1-38(2,3)13-12-37-19-32-11-8-23-24(29-18-30-25(23)32)21-14-31-34(15-21)27(9-10-28)16-33(17-27)22-6-4-20(5-7-22)26(35)36/h4-8,11,14-15,18H,9,12-13,16-17,19H2,1-3H3,(H,35,36). The zero-order valence-electron chi connectivity index (χ0n) is 21.8. The first-order valence-electron chi connectivity index (χ1n) is 12.6. The lowest BCUT2D eigenvalue weighted by molar-refractivity contribution is 0.0697. The molecule has 0 bridgehead atoms. The van der Waals surface area contributed by atoms with E-state index in [1.165, 1.54) is 0 Å². The third kappa shape index (κ3) is 5.05. The summed E-state index contributed by atoms with van der Waals surface area (Å²) in [7, 11) is -1.15. The second-order valence-corrected chi connectivity index (χ2v) is 16.7. The van der Waals surface area contributed by atoms with Crippen LogP contribution in [-0.2, 0) is 17.0 Å². The molecule has 1 aliphatic heterocycles. The molecule has 0 unspecified atom stereocenters. The maximum atomic E-state index is 11.2. The molecule has 4 heterocycles. The van der Waals surface area contributed by atoms with Crippen molar-refractivity contribution < 1.29 is 14.6 Å². The molecule has 1 aromatic carbocycles. The second kappa shape index (κ2) is 10.0. The van der Waals surface area contributed by atoms with Crippen LogP contribution in [0.3, 0.4) is 0 Å². The quantitative estimate of drug-likeness (QED) is 0.236. The summed E-state index contributed by atoms with van der Waals surface area (Å²) in [6, 6.07) is 12.2. The molecule has 10 nitrogen and oxygen atoms in total. The van der Waals surface area contributed by atoms with Gasteiger partial charge in [0.15, 0.2) is 0 Å². The number of carboxylic acids is 1. The minimum Gasteiger partial charge on any atom is -0.478 e. The Morgan fingerprint density at radius 1 is 1.18 bits per heavy atom. The van der Waals surface area contributed by atoms with Crippen molar-refractivity contribution in [1.82, 2.24) is 24.3 Å². The van der Waals surface area contributed by atoms with E-state index in [9.17, 15) is 10.1 Å². The van der Waals surface area contributed by atoms with Gasteiger partial charge in [-0.25, -0.2) is 14.8 Å². The molecular formula is C27H31N7O3Si. The van der Waals surface area contributed by atoms with Crippen molar-refractivity contribution in [3.05, 3.63) is 60.8 Å². The first kappa shape index (κ1) is 25.6. The number of anilines is 1. The highest BCUT2D eigenvalue weighted by Crippen LogP contribution is 2.37. The molecule has 1 N–H and O–H groups in total. The predicted octanol–water partition coefficient (Wildman–Crippen LogP) is 4.43. The molecule has 38 heavy (non-hydrogen) atoms. The van der Waals surface area contributed by atoms with Crippen molar-refractivity contribution >= 4 is 30.8 Å². The van der Waals surface area contributed by atoms with Crippen LogP contribution in [-0.4, -0.2) is 63.2 Å². The Bertz CT molecular complexity index is 1490. The number of nitriles is 1. The minimum absolute atomic E-state index is 0.248. The largest absolute Gasteiger partial charge is 0.478 e. The smallest absolute Gasteiger partial charge is 0.335 e. The van der Waals surface area contributed by atoms with Crippen LogP contribution in [0.4, 0.5) is 5.69 Å². The number of ether oxygens (including phenoxy) is 1. The molecule has 0 saturated carbocycles. The SMILES string of the molecule is C[Si](C)(C)CCOCn1ccc2c(-c3cnn(C4(CC#N)CN(c5ccc(C(=O)O)cc5)C4)c3)ncnc21. The number of nitrogens with zero attached hydrogens (tertiary/aromatic N) is 7. The number of hydrogen-bond donors (Lipinski definition) is 1. The maximum absolute atomic E-state index is 11.2. The van der Waals surface area contributed by atoms with Gasteiger partial charge in [0.2, 0.25) is 0 Å². The number of aromatic carboxylic acids is 1. The molecule has 11 heteroatoms. The van der Waals surface area contributed by atoms with Gasteiger partial charge in [-0.05, 0) is 36.4 Å². The van der Waals surface area contributed by atoms with Gasteiger partial charge in [-0.1, -0.05) is 19.6 Å². The van der Waals surface area contributed by atoms with Gasteiger partial charge in [-0.2, -0.15) is 10.4 Å². The van der Waals surface area contributed by atoms with E-state index in [2.05, 4.69) is 45.7 Å². The van der Waals surface area contributed by atoms with E-state index >= 15 is 0 Å². The van der Waals surface area contributed by atoms with Crippen molar-refractivity contribution in [3.8, 4) is 17.3 Å². The molecule has 1 aliphatic rings. The molecule has 1 fully saturated rings. The van der Waals surface area contributed by atoms with Crippen molar-refractivity contribution in [2.75, 3.05) is 24.6 Å². The monoisotopic (exact) mass is 529 g/mol. The normalized spacial score (nSPS) is 14.8. The van der Waals surface area contributed by atoms with Gasteiger partial charge < -0.3 is 19.3 Å². The van der Waals surface area contributed by atoms with Gasteiger partial charge in [-0.15, -0.1) is 0 Å². The number of carbonyl (C=O) groups is 1. The van der Waals surface area contributed by atoms with Crippen LogP contribution in [0.1, 0.15) is 16.8 Å². The van der Waals surface area contributed by atoms with E-state index in [1.807, 2.05) is 27.7 Å². The number of benzene rings is 1. The Hall–Kier alpha value is -4.01. The predicted molar refractivity (Wildman–Crippen MR) is 147 cm³/mol. The van der Waals surface area contributed by atoms with E-state index in [1.54, 1.807) is 36.8 Å². The zero-order valence-corrected chi connectivity index (χ0v) is 22.8. The van der Waals surface area contributed by atoms with E-state index < -0.39 is 19.6 Å². The molecule has 3 aromatic heterocycles. The second-order valence-electron chi connectivity index (χ2n) is 11.0. The van der Waals surface area contributed by atoms with Gasteiger partial charge in [-0.3, -0.25) is 4.68 Å². The highest BCUT2D eigenvalue weighted by Gasteiger charge is 2.45. The molecule has 196 valence electrons. The van der Waals surface area contributed by atoms with Crippen LogP contribution in [0.5, 0.6) is 0 Å². The fourth-order valence-electron chi connectivity index (χ4n) is 4.73. The van der Waals surface area contributed by atoms with Crippen LogP contribution in [0.15, 0.2) is 55.2 Å². The van der Waals surface area contributed by atoms with Crippen LogP contribution in [0.2, 0.25) is 25.7 Å². The topological polar surface area (TPSA) is 122 Å². The van der Waals surface area contributed by atoms with Crippen molar-refractivity contribution in [2.45, 2.75) is 44.4 Å². The summed E-state index contributed by atoms with van der Waals surface area (Å²) in [5.41, 5.74) is 3.15. The van der Waals surface area contributed by atoms with E-state index in [0.717, 1.165) is 40.6 Å². The van der Waals surface area contributed by atoms with Crippen LogP contribution >= 0.6 is 0 Å². The average Bonchev–Trinajstić information content (AvgIpc) is 3.51. The number of hydrogen-bond acceptors (Lipinski definition) is 7. The van der Waals surface area contributed by atoms with Gasteiger partial charge in [0, 0.05) is 56.8 Å². The fraction of sp³-hybridized carbons (Fsp3) is 0.370. The molecule has 0 radical (unpaired) electrons. The zero-order chi connectivity index (χ0) is 26.9. The first-order chi connectivity index (χ1) is 18.2. The van der Waals surface area contributed by atoms with Gasteiger partial charge >= 0.3 is 5.97 Å². The average molecular weight is 530 g/mol. The third-order valence-electron chi connectivity index (χ3n) is 6.98. The Morgan fingerprint density at radius 2 is 1.95 bits per heavy atom. The van der Waals surface area contributed by atoms with Crippen molar-refractivity contribution in [3.63, 3.8) is 0 Å². The molecule has 1 saturated heterocycles. The Balaban J connectivity index is 1.33. The highest BCUT2D eigenvalue weighted by molar-refractivity contribution is 6.76. The summed E-state index contributed by atoms with van der Waals surface area (Å²) in [4.78, 5) is 22.3. The minimum atomic E-state index is -1.15. The number of aromatic nitrogens is 5. The Kier molecular flexibility index (Phi) is 6.77. The van der Waals surface area contributed by atoms with Gasteiger partial charge in [0.05, 0.1) is 29.9 Å². The van der Waals surface area contributed by atoms with Gasteiger partial charge in [0.1, 0.15) is 24.2 Å². The van der Waals surface area contributed by atoms with E-state index in [4.69, 9.17) is 9.84 Å². The summed E-state index contributed by atoms with van der Waals surface area (Å²) in [5.74, 6) is -0.952. The highest BCUT2D eigenvalue weighted by atomic mass is 28.3. The van der Waals surface area contributed by atoms with Crippen LogP contribution in [0.25, 0.3) is 22.3 Å². The summed E-state index contributed by atoms with van der Waals surface area (Å²) < 4.78 is 9.79. The molecular weight excluding hydrogens is 498 g/mol. The Labute approximate surface area is 222 Å². The van der Waals surface area contributed by atoms with Crippen molar-refractivity contribution in [2.24, 2.45) is 0 Å². The third-order valence-corrected chi connectivity index (χ3v) is 8.69.